The van der Waals surface area contributed by atoms with E-state index in [0.717, 1.165) is 19.3 Å². The summed E-state index contributed by atoms with van der Waals surface area (Å²) in [6.45, 7) is 7.61. The van der Waals surface area contributed by atoms with Gasteiger partial charge in [0.2, 0.25) is 0 Å². The van der Waals surface area contributed by atoms with Crippen LogP contribution in [0.3, 0.4) is 0 Å². The van der Waals surface area contributed by atoms with E-state index in [1.54, 1.807) is 0 Å². The van der Waals surface area contributed by atoms with E-state index in [2.05, 4.69) is 0 Å². The van der Waals surface area contributed by atoms with Gasteiger partial charge in [0.15, 0.2) is 0 Å². The first-order valence-electron chi connectivity index (χ1n) is 7.27. The predicted molar refractivity (Wildman–Crippen MR) is 70.0 cm³/mol. The van der Waals surface area contributed by atoms with Crippen molar-refractivity contribution in [3.8, 4) is 0 Å². The van der Waals surface area contributed by atoms with Gasteiger partial charge in [-0.25, -0.2) is 0 Å². The minimum Gasteiger partial charge on any atom is -0.461 e. The number of hydrogen-bond acceptors (Lipinski definition) is 3. The number of carbonyl (C=O) groups excluding carboxylic acids is 1. The van der Waals surface area contributed by atoms with E-state index in [9.17, 15) is 9.90 Å². The molecule has 5 atom stereocenters. The van der Waals surface area contributed by atoms with Gasteiger partial charge >= 0.3 is 5.97 Å². The Hall–Kier alpha value is -0.570. The van der Waals surface area contributed by atoms with Gasteiger partial charge in [-0.15, -0.1) is 0 Å². The molecule has 18 heavy (non-hydrogen) atoms. The van der Waals surface area contributed by atoms with Crippen molar-refractivity contribution >= 4 is 5.97 Å². The largest absolute Gasteiger partial charge is 0.461 e. The van der Waals surface area contributed by atoms with E-state index in [1.165, 1.54) is 6.42 Å². The first kappa shape index (κ1) is 13.9. The van der Waals surface area contributed by atoms with Crippen LogP contribution in [0.25, 0.3) is 0 Å². The van der Waals surface area contributed by atoms with Crippen LogP contribution in [0.1, 0.15) is 53.4 Å². The van der Waals surface area contributed by atoms with Crippen molar-refractivity contribution in [3.63, 3.8) is 0 Å². The molecule has 5 unspecified atom stereocenters. The molecule has 2 aliphatic carbocycles. The minimum absolute atomic E-state index is 0.0356. The molecule has 0 aromatic rings. The predicted octanol–water partition coefficient (Wildman–Crippen LogP) is 2.76. The third kappa shape index (κ3) is 2.42. The highest BCUT2D eigenvalue weighted by Crippen LogP contribution is 2.53. The van der Waals surface area contributed by atoms with Crippen LogP contribution in [0.15, 0.2) is 0 Å². The summed E-state index contributed by atoms with van der Waals surface area (Å²) < 4.78 is 5.74. The van der Waals surface area contributed by atoms with Crippen LogP contribution in [-0.2, 0) is 9.53 Å². The summed E-state index contributed by atoms with van der Waals surface area (Å²) in [5.41, 5.74) is -0.750. The van der Waals surface area contributed by atoms with E-state index < -0.39 is 5.60 Å². The first-order chi connectivity index (χ1) is 8.34. The molecule has 1 N–H and O–H groups in total. The van der Waals surface area contributed by atoms with Crippen LogP contribution in [0.5, 0.6) is 0 Å². The standard InChI is InChI=1S/C15H26O3/c1-5-9(2)14(16)18-13-11-7-6-10(8-11)12(13)15(3,4)17/h9-13,17H,5-8H2,1-4H3. The zero-order valence-corrected chi connectivity index (χ0v) is 12.0. The Kier molecular flexibility index (Phi) is 3.72. The van der Waals surface area contributed by atoms with Gasteiger partial charge in [0, 0.05) is 5.92 Å². The molecule has 104 valence electrons. The molecule has 0 spiro atoms. The highest BCUT2D eigenvalue weighted by Gasteiger charge is 2.54. The Morgan fingerprint density at radius 2 is 2.00 bits per heavy atom. The molecule has 2 aliphatic rings. The molecule has 3 nitrogen and oxygen atoms in total. The Labute approximate surface area is 110 Å². The van der Waals surface area contributed by atoms with Crippen LogP contribution in [0, 0.1) is 23.7 Å². The van der Waals surface area contributed by atoms with Gasteiger partial charge in [-0.1, -0.05) is 13.8 Å². The van der Waals surface area contributed by atoms with Gasteiger partial charge in [0.25, 0.3) is 0 Å². The van der Waals surface area contributed by atoms with Crippen LogP contribution < -0.4 is 0 Å². The maximum Gasteiger partial charge on any atom is 0.308 e. The molecule has 2 saturated carbocycles. The second kappa shape index (κ2) is 4.84. The fourth-order valence-corrected chi connectivity index (χ4v) is 3.80. The molecule has 0 amide bonds. The summed E-state index contributed by atoms with van der Waals surface area (Å²) in [5, 5.41) is 10.3. The third-order valence-corrected chi connectivity index (χ3v) is 4.92. The Balaban J connectivity index is 2.08. The van der Waals surface area contributed by atoms with E-state index in [1.807, 2.05) is 27.7 Å². The zero-order chi connectivity index (χ0) is 13.5. The summed E-state index contributed by atoms with van der Waals surface area (Å²) in [6.07, 6.45) is 4.19. The highest BCUT2D eigenvalue weighted by atomic mass is 16.5. The second-order valence-electron chi connectivity index (χ2n) is 6.72. The van der Waals surface area contributed by atoms with Crippen molar-refractivity contribution in [2.75, 3.05) is 0 Å². The SMILES string of the molecule is CCC(C)C(=O)OC1C2CCC(C2)C1C(C)(C)O. The normalized spacial score (nSPS) is 36.7. The van der Waals surface area contributed by atoms with Gasteiger partial charge in [-0.05, 0) is 51.4 Å². The Morgan fingerprint density at radius 1 is 1.39 bits per heavy atom. The smallest absolute Gasteiger partial charge is 0.308 e. The van der Waals surface area contributed by atoms with Gasteiger partial charge in [0.05, 0.1) is 11.5 Å². The highest BCUT2D eigenvalue weighted by molar-refractivity contribution is 5.72. The van der Waals surface area contributed by atoms with Gasteiger partial charge < -0.3 is 9.84 Å². The lowest BCUT2D eigenvalue weighted by atomic mass is 9.76. The summed E-state index contributed by atoms with van der Waals surface area (Å²) >= 11 is 0. The quantitative estimate of drug-likeness (QED) is 0.785. The molecule has 2 fully saturated rings. The van der Waals surface area contributed by atoms with Gasteiger partial charge in [0.1, 0.15) is 6.10 Å². The fraction of sp³-hybridized carbons (Fsp3) is 0.933. The van der Waals surface area contributed by atoms with E-state index in [0.29, 0.717) is 11.8 Å². The van der Waals surface area contributed by atoms with E-state index >= 15 is 0 Å². The number of carbonyl (C=O) groups is 1. The minimum atomic E-state index is -0.750. The second-order valence-corrected chi connectivity index (χ2v) is 6.72. The average Bonchev–Trinajstić information content (AvgIpc) is 2.86. The van der Waals surface area contributed by atoms with Crippen molar-refractivity contribution in [2.24, 2.45) is 23.7 Å². The third-order valence-electron chi connectivity index (χ3n) is 4.92. The van der Waals surface area contributed by atoms with Crippen LogP contribution in [-0.4, -0.2) is 22.8 Å². The van der Waals surface area contributed by atoms with Crippen molar-refractivity contribution in [1.29, 1.82) is 0 Å². The summed E-state index contributed by atoms with van der Waals surface area (Å²) in [6, 6.07) is 0. The summed E-state index contributed by atoms with van der Waals surface area (Å²) in [4.78, 5) is 12.0. The van der Waals surface area contributed by atoms with Gasteiger partial charge in [-0.2, -0.15) is 0 Å². The maximum absolute atomic E-state index is 12.0. The summed E-state index contributed by atoms with van der Waals surface area (Å²) in [7, 11) is 0. The number of esters is 1. The molecule has 2 bridgehead atoms. The monoisotopic (exact) mass is 254 g/mol. The molecular weight excluding hydrogens is 228 g/mol. The zero-order valence-electron chi connectivity index (χ0n) is 12.0. The Morgan fingerprint density at radius 3 is 2.56 bits per heavy atom. The topological polar surface area (TPSA) is 46.5 Å². The molecular formula is C15H26O3. The molecule has 0 aliphatic heterocycles. The number of fused-ring (bicyclic) bond motifs is 2. The van der Waals surface area contributed by atoms with E-state index in [-0.39, 0.29) is 23.9 Å². The Bertz CT molecular complexity index is 318. The van der Waals surface area contributed by atoms with Crippen molar-refractivity contribution in [3.05, 3.63) is 0 Å². The number of rotatable bonds is 4. The molecule has 0 saturated heterocycles. The molecule has 0 heterocycles. The molecule has 0 aromatic heterocycles. The molecule has 2 rings (SSSR count). The van der Waals surface area contributed by atoms with Crippen LogP contribution in [0.4, 0.5) is 0 Å². The lowest BCUT2D eigenvalue weighted by Gasteiger charge is -2.38. The molecule has 0 radical (unpaired) electrons. The van der Waals surface area contributed by atoms with Crippen molar-refractivity contribution < 1.29 is 14.6 Å². The van der Waals surface area contributed by atoms with Crippen LogP contribution in [0.2, 0.25) is 0 Å². The van der Waals surface area contributed by atoms with Crippen LogP contribution >= 0.6 is 0 Å². The molecule has 0 aromatic carbocycles. The first-order valence-corrected chi connectivity index (χ1v) is 7.27. The van der Waals surface area contributed by atoms with Crippen molar-refractivity contribution in [2.45, 2.75) is 65.1 Å². The summed E-state index contributed by atoms with van der Waals surface area (Å²) in [5.74, 6) is 0.990. The van der Waals surface area contributed by atoms with E-state index in [4.69, 9.17) is 4.74 Å². The lowest BCUT2D eigenvalue weighted by molar-refractivity contribution is -0.166. The van der Waals surface area contributed by atoms with Crippen molar-refractivity contribution in [1.82, 2.24) is 0 Å². The lowest BCUT2D eigenvalue weighted by Crippen LogP contribution is -2.45. The average molecular weight is 254 g/mol. The number of aliphatic hydroxyl groups is 1. The number of ether oxygens (including phenoxy) is 1. The fourth-order valence-electron chi connectivity index (χ4n) is 3.80. The number of hydrogen-bond donors (Lipinski definition) is 1. The maximum atomic E-state index is 12.0. The molecule has 3 heteroatoms. The van der Waals surface area contributed by atoms with Gasteiger partial charge in [-0.3, -0.25) is 4.79 Å².